The molecule has 2 aliphatic rings. The van der Waals surface area contributed by atoms with E-state index in [0.29, 0.717) is 25.0 Å². The smallest absolute Gasteiger partial charge is 0.194 e. The van der Waals surface area contributed by atoms with E-state index in [1.807, 2.05) is 13.8 Å². The number of guanidine groups is 1. The molecule has 1 atom stereocenters. The molecular formula is C18H37IN4O2S. The predicted molar refractivity (Wildman–Crippen MR) is 120 cm³/mol. The molecule has 1 unspecified atom stereocenters. The summed E-state index contributed by atoms with van der Waals surface area (Å²) in [6, 6.07) is 0.456. The monoisotopic (exact) mass is 500 g/mol. The molecule has 0 aromatic heterocycles. The second-order valence-corrected chi connectivity index (χ2v) is 11.0. The van der Waals surface area contributed by atoms with Gasteiger partial charge in [-0.05, 0) is 52.6 Å². The average molecular weight is 500 g/mol. The number of nitrogens with one attached hydrogen (secondary N) is 1. The number of hydrogen-bond acceptors (Lipinski definition) is 4. The fourth-order valence-electron chi connectivity index (χ4n) is 3.75. The number of rotatable bonds is 5. The maximum absolute atomic E-state index is 12.3. The Morgan fingerprint density at radius 3 is 2.31 bits per heavy atom. The summed E-state index contributed by atoms with van der Waals surface area (Å²) in [5.41, 5.74) is 0. The Morgan fingerprint density at radius 1 is 1.19 bits per heavy atom. The van der Waals surface area contributed by atoms with E-state index in [0.717, 1.165) is 19.0 Å². The van der Waals surface area contributed by atoms with Crippen molar-refractivity contribution in [3.63, 3.8) is 0 Å². The summed E-state index contributed by atoms with van der Waals surface area (Å²) in [5.74, 6) is 1.61. The molecule has 8 heteroatoms. The highest BCUT2D eigenvalue weighted by Gasteiger charge is 2.41. The molecule has 0 aliphatic carbocycles. The van der Waals surface area contributed by atoms with Crippen LogP contribution in [0.5, 0.6) is 0 Å². The lowest BCUT2D eigenvalue weighted by Crippen LogP contribution is -2.57. The Bertz CT molecular complexity index is 572. The van der Waals surface area contributed by atoms with Crippen LogP contribution in [0.4, 0.5) is 0 Å². The van der Waals surface area contributed by atoms with Gasteiger partial charge in [0.2, 0.25) is 0 Å². The summed E-state index contributed by atoms with van der Waals surface area (Å²) in [5, 5.41) is 3.36. The van der Waals surface area contributed by atoms with E-state index in [2.05, 4.69) is 35.9 Å². The summed E-state index contributed by atoms with van der Waals surface area (Å²) >= 11 is 0. The van der Waals surface area contributed by atoms with Gasteiger partial charge in [0.15, 0.2) is 15.8 Å². The Morgan fingerprint density at radius 2 is 1.81 bits per heavy atom. The highest BCUT2D eigenvalue weighted by Crippen LogP contribution is 2.24. The van der Waals surface area contributed by atoms with Crippen molar-refractivity contribution in [3.05, 3.63) is 0 Å². The van der Waals surface area contributed by atoms with Crippen LogP contribution in [0.1, 0.15) is 47.5 Å². The number of halogens is 1. The summed E-state index contributed by atoms with van der Waals surface area (Å²) in [4.78, 5) is 9.59. The molecule has 0 bridgehead atoms. The summed E-state index contributed by atoms with van der Waals surface area (Å²) < 4.78 is 23.8. The van der Waals surface area contributed by atoms with E-state index in [1.165, 1.54) is 25.9 Å². The molecule has 6 nitrogen and oxygen atoms in total. The Kier molecular flexibility index (Phi) is 9.13. The summed E-state index contributed by atoms with van der Waals surface area (Å²) in [6.45, 7) is 15.1. The summed E-state index contributed by atoms with van der Waals surface area (Å²) in [6.07, 6.45) is 2.57. The molecule has 2 saturated heterocycles. The zero-order valence-electron chi connectivity index (χ0n) is 17.0. The maximum atomic E-state index is 12.3. The van der Waals surface area contributed by atoms with Gasteiger partial charge in [0.05, 0.1) is 17.0 Å². The van der Waals surface area contributed by atoms with Crippen LogP contribution in [-0.2, 0) is 9.84 Å². The van der Waals surface area contributed by atoms with Crippen LogP contribution in [0.25, 0.3) is 0 Å². The topological polar surface area (TPSA) is 65.0 Å². The number of nitrogens with zero attached hydrogens (tertiary/aromatic N) is 3. The van der Waals surface area contributed by atoms with Crippen molar-refractivity contribution < 1.29 is 8.42 Å². The largest absolute Gasteiger partial charge is 0.357 e. The Labute approximate surface area is 177 Å². The molecule has 0 amide bonds. The molecule has 2 aliphatic heterocycles. The minimum atomic E-state index is -3.03. The molecular weight excluding hydrogens is 463 g/mol. The van der Waals surface area contributed by atoms with Crippen LogP contribution in [0.15, 0.2) is 4.99 Å². The van der Waals surface area contributed by atoms with Crippen LogP contribution < -0.4 is 5.32 Å². The first-order valence-electron chi connectivity index (χ1n) is 9.67. The third kappa shape index (κ3) is 5.70. The van der Waals surface area contributed by atoms with Crippen LogP contribution in [0.3, 0.4) is 0 Å². The van der Waals surface area contributed by atoms with Gasteiger partial charge in [-0.15, -0.1) is 24.0 Å². The van der Waals surface area contributed by atoms with Crippen molar-refractivity contribution in [1.29, 1.82) is 0 Å². The van der Waals surface area contributed by atoms with Gasteiger partial charge >= 0.3 is 0 Å². The van der Waals surface area contributed by atoms with Gasteiger partial charge < -0.3 is 10.2 Å². The normalized spacial score (nSPS) is 24.4. The lowest BCUT2D eigenvalue weighted by atomic mass is 10.0. The van der Waals surface area contributed by atoms with E-state index in [9.17, 15) is 8.42 Å². The second kappa shape index (κ2) is 9.91. The summed E-state index contributed by atoms with van der Waals surface area (Å²) in [7, 11) is -3.03. The van der Waals surface area contributed by atoms with E-state index < -0.39 is 14.6 Å². The fraction of sp³-hybridized carbons (Fsp3) is 0.944. The molecule has 0 saturated carbocycles. The van der Waals surface area contributed by atoms with Crippen molar-refractivity contribution in [2.24, 2.45) is 10.9 Å². The zero-order chi connectivity index (χ0) is 18.7. The Hall–Kier alpha value is -0.0900. The van der Waals surface area contributed by atoms with Gasteiger partial charge in [0.1, 0.15) is 0 Å². The van der Waals surface area contributed by atoms with Crippen LogP contribution in [-0.4, -0.2) is 80.0 Å². The van der Waals surface area contributed by atoms with E-state index in [-0.39, 0.29) is 29.7 Å². The number of sulfone groups is 1. The quantitative estimate of drug-likeness (QED) is 0.356. The molecule has 26 heavy (non-hydrogen) atoms. The highest BCUT2D eigenvalue weighted by molar-refractivity contribution is 14.0. The van der Waals surface area contributed by atoms with Crippen molar-refractivity contribution >= 4 is 39.8 Å². The third-order valence-corrected chi connectivity index (χ3v) is 8.02. The van der Waals surface area contributed by atoms with Crippen LogP contribution in [0.2, 0.25) is 0 Å². The van der Waals surface area contributed by atoms with E-state index in [4.69, 9.17) is 4.99 Å². The third-order valence-electron chi connectivity index (χ3n) is 5.49. The van der Waals surface area contributed by atoms with Crippen molar-refractivity contribution in [1.82, 2.24) is 15.1 Å². The molecule has 2 fully saturated rings. The first kappa shape index (κ1) is 23.9. The van der Waals surface area contributed by atoms with Crippen molar-refractivity contribution in [2.75, 3.05) is 45.0 Å². The van der Waals surface area contributed by atoms with Gasteiger partial charge in [-0.25, -0.2) is 8.42 Å². The van der Waals surface area contributed by atoms with Gasteiger partial charge in [0.25, 0.3) is 0 Å². The minimum absolute atomic E-state index is 0. The SMILES string of the molecule is CCNC(=NCC(C(C)C)N1CCCC1)N1CCS(=O)(=O)C(C)(C)C1.I. The van der Waals surface area contributed by atoms with Gasteiger partial charge in [-0.2, -0.15) is 0 Å². The van der Waals surface area contributed by atoms with Crippen molar-refractivity contribution in [3.8, 4) is 0 Å². The minimum Gasteiger partial charge on any atom is -0.357 e. The van der Waals surface area contributed by atoms with E-state index >= 15 is 0 Å². The van der Waals surface area contributed by atoms with Crippen LogP contribution in [0, 0.1) is 5.92 Å². The van der Waals surface area contributed by atoms with Gasteiger partial charge in [-0.3, -0.25) is 9.89 Å². The standard InChI is InChI=1S/C18H36N4O2S.HI/c1-6-19-17(22-11-12-25(23,24)18(4,5)14-22)20-13-16(15(2)3)21-9-7-8-10-21;/h15-16H,6-14H2,1-5H3,(H,19,20);1H. The molecule has 1 N–H and O–H groups in total. The molecule has 0 aromatic carbocycles. The fourth-order valence-corrected chi connectivity index (χ4v) is 5.12. The lowest BCUT2D eigenvalue weighted by molar-refractivity contribution is 0.197. The highest BCUT2D eigenvalue weighted by atomic mass is 127. The first-order chi connectivity index (χ1) is 11.7. The van der Waals surface area contributed by atoms with Gasteiger partial charge in [0, 0.05) is 25.7 Å². The van der Waals surface area contributed by atoms with E-state index in [1.54, 1.807) is 0 Å². The molecule has 2 heterocycles. The number of likely N-dealkylation sites (tertiary alicyclic amines) is 1. The first-order valence-corrected chi connectivity index (χ1v) is 11.3. The molecule has 154 valence electrons. The molecule has 2 rings (SSSR count). The molecule has 0 aromatic rings. The maximum Gasteiger partial charge on any atom is 0.194 e. The van der Waals surface area contributed by atoms with Gasteiger partial charge in [-0.1, -0.05) is 13.8 Å². The Balaban J connectivity index is 0.00000338. The molecule has 0 radical (unpaired) electrons. The number of hydrogen-bond donors (Lipinski definition) is 1. The number of aliphatic imine (C=N–C) groups is 1. The average Bonchev–Trinajstić information content (AvgIpc) is 3.03. The molecule has 0 spiro atoms. The zero-order valence-corrected chi connectivity index (χ0v) is 20.1. The van der Waals surface area contributed by atoms with Crippen LogP contribution >= 0.6 is 24.0 Å². The second-order valence-electron chi connectivity index (χ2n) is 8.25. The predicted octanol–water partition coefficient (Wildman–Crippen LogP) is 2.20. The van der Waals surface area contributed by atoms with Crippen molar-refractivity contribution in [2.45, 2.75) is 58.2 Å². The lowest BCUT2D eigenvalue weighted by Gasteiger charge is -2.39.